The molecule has 220 valence electrons. The van der Waals surface area contributed by atoms with Crippen molar-refractivity contribution in [1.29, 1.82) is 0 Å². The minimum Gasteiger partial charge on any atom is -0.429 e. The molecule has 0 saturated heterocycles. The van der Waals surface area contributed by atoms with Crippen molar-refractivity contribution in [1.82, 2.24) is 0 Å². The van der Waals surface area contributed by atoms with Crippen LogP contribution in [0.3, 0.4) is 0 Å². The lowest BCUT2D eigenvalue weighted by Crippen LogP contribution is -2.21. The van der Waals surface area contributed by atoms with Crippen molar-refractivity contribution < 1.29 is 26.7 Å². The average molecular weight is 579 g/mol. The SMILES string of the molecule is CCCCCC1CCC(c2ccc(-c3ccc(-c4ccc(C(F)(F)Oc5ccc(F)c(F)c5)cc4)c(F)c3)cc2)CC1. The number of rotatable bonds is 10. The van der Waals surface area contributed by atoms with E-state index >= 15 is 4.39 Å². The van der Waals surface area contributed by atoms with Gasteiger partial charge in [0.25, 0.3) is 0 Å². The van der Waals surface area contributed by atoms with Crippen molar-refractivity contribution in [3.63, 3.8) is 0 Å². The summed E-state index contributed by atoms with van der Waals surface area (Å²) in [6.45, 7) is 2.25. The van der Waals surface area contributed by atoms with Crippen LogP contribution < -0.4 is 4.74 Å². The first-order chi connectivity index (χ1) is 20.2. The molecule has 0 aromatic heterocycles. The molecule has 6 heteroatoms. The van der Waals surface area contributed by atoms with E-state index in [-0.39, 0.29) is 5.56 Å². The third kappa shape index (κ3) is 7.03. The summed E-state index contributed by atoms with van der Waals surface area (Å²) in [7, 11) is 0. The number of halogens is 5. The fraction of sp³-hybridized carbons (Fsp3) is 0.333. The Labute approximate surface area is 244 Å². The number of benzene rings is 4. The van der Waals surface area contributed by atoms with Crippen molar-refractivity contribution in [2.45, 2.75) is 70.3 Å². The Hall–Kier alpha value is -3.67. The van der Waals surface area contributed by atoms with E-state index in [0.29, 0.717) is 23.6 Å². The normalized spacial score (nSPS) is 17.3. The van der Waals surface area contributed by atoms with Crippen molar-refractivity contribution in [2.75, 3.05) is 0 Å². The molecule has 4 aromatic rings. The number of unbranched alkanes of at least 4 members (excludes halogenated alkanes) is 2. The maximum Gasteiger partial charge on any atom is 0.426 e. The second-order valence-corrected chi connectivity index (χ2v) is 11.3. The molecule has 1 saturated carbocycles. The molecule has 0 radical (unpaired) electrons. The lowest BCUT2D eigenvalue weighted by atomic mass is 9.77. The smallest absolute Gasteiger partial charge is 0.426 e. The van der Waals surface area contributed by atoms with Crippen LogP contribution in [-0.4, -0.2) is 0 Å². The molecule has 4 aromatic carbocycles. The maximum atomic E-state index is 15.2. The molecule has 0 atom stereocenters. The van der Waals surface area contributed by atoms with E-state index in [4.69, 9.17) is 0 Å². The Morgan fingerprint density at radius 2 is 1.33 bits per heavy atom. The molecule has 5 rings (SSSR count). The molecule has 0 bridgehead atoms. The van der Waals surface area contributed by atoms with Gasteiger partial charge >= 0.3 is 6.11 Å². The van der Waals surface area contributed by atoms with Gasteiger partial charge in [0, 0.05) is 11.6 Å². The second kappa shape index (κ2) is 13.1. The number of alkyl halides is 2. The summed E-state index contributed by atoms with van der Waals surface area (Å²) in [4.78, 5) is 0. The summed E-state index contributed by atoms with van der Waals surface area (Å²) in [5, 5.41) is 0. The summed E-state index contributed by atoms with van der Waals surface area (Å²) >= 11 is 0. The van der Waals surface area contributed by atoms with Crippen LogP contribution in [0.1, 0.15) is 75.3 Å². The quantitative estimate of drug-likeness (QED) is 0.134. The van der Waals surface area contributed by atoms with Crippen LogP contribution in [0.25, 0.3) is 22.3 Å². The third-order valence-electron chi connectivity index (χ3n) is 8.42. The topological polar surface area (TPSA) is 9.23 Å². The molecule has 1 fully saturated rings. The van der Waals surface area contributed by atoms with Gasteiger partial charge < -0.3 is 4.74 Å². The van der Waals surface area contributed by atoms with Crippen molar-refractivity contribution in [2.24, 2.45) is 5.92 Å². The maximum absolute atomic E-state index is 15.2. The van der Waals surface area contributed by atoms with E-state index in [2.05, 4.69) is 23.8 Å². The van der Waals surface area contributed by atoms with Gasteiger partial charge in [-0.3, -0.25) is 0 Å². The van der Waals surface area contributed by atoms with Gasteiger partial charge in [0.1, 0.15) is 11.6 Å². The highest BCUT2D eigenvalue weighted by atomic mass is 19.3. The lowest BCUT2D eigenvalue weighted by molar-refractivity contribution is -0.185. The predicted octanol–water partition coefficient (Wildman–Crippen LogP) is 11.4. The van der Waals surface area contributed by atoms with Gasteiger partial charge in [0.2, 0.25) is 0 Å². The summed E-state index contributed by atoms with van der Waals surface area (Å²) in [6, 6.07) is 20.5. The monoisotopic (exact) mass is 578 g/mol. The zero-order chi connectivity index (χ0) is 29.7. The van der Waals surface area contributed by atoms with Crippen LogP contribution in [0.2, 0.25) is 0 Å². The highest BCUT2D eigenvalue weighted by Gasteiger charge is 2.35. The zero-order valence-electron chi connectivity index (χ0n) is 23.7. The fourth-order valence-electron chi connectivity index (χ4n) is 5.94. The molecule has 0 N–H and O–H groups in total. The summed E-state index contributed by atoms with van der Waals surface area (Å²) in [5.74, 6) is -1.98. The van der Waals surface area contributed by atoms with E-state index in [1.54, 1.807) is 6.07 Å². The van der Waals surface area contributed by atoms with E-state index in [9.17, 15) is 17.6 Å². The van der Waals surface area contributed by atoms with Crippen molar-refractivity contribution >= 4 is 0 Å². The first-order valence-corrected chi connectivity index (χ1v) is 14.8. The Morgan fingerprint density at radius 3 is 1.98 bits per heavy atom. The summed E-state index contributed by atoms with van der Waals surface area (Å²) in [6.07, 6.45) is 6.53. The summed E-state index contributed by atoms with van der Waals surface area (Å²) in [5.41, 5.74) is 3.20. The zero-order valence-corrected chi connectivity index (χ0v) is 23.7. The van der Waals surface area contributed by atoms with Gasteiger partial charge in [-0.15, -0.1) is 0 Å². The Bertz CT molecular complexity index is 1470. The van der Waals surface area contributed by atoms with Crippen LogP contribution in [0, 0.1) is 23.4 Å². The molecular weight excluding hydrogens is 543 g/mol. The van der Waals surface area contributed by atoms with Crippen LogP contribution in [0.5, 0.6) is 5.75 Å². The van der Waals surface area contributed by atoms with E-state index in [0.717, 1.165) is 35.2 Å². The van der Waals surface area contributed by atoms with Gasteiger partial charge in [-0.05, 0) is 90.1 Å². The lowest BCUT2D eigenvalue weighted by Gasteiger charge is -2.29. The average Bonchev–Trinajstić information content (AvgIpc) is 2.99. The second-order valence-electron chi connectivity index (χ2n) is 11.3. The minimum absolute atomic E-state index is 0.280. The van der Waals surface area contributed by atoms with Crippen LogP contribution >= 0.6 is 0 Å². The Balaban J connectivity index is 1.23. The molecule has 0 heterocycles. The van der Waals surface area contributed by atoms with Crippen molar-refractivity contribution in [3.8, 4) is 28.0 Å². The van der Waals surface area contributed by atoms with Gasteiger partial charge in [-0.2, -0.15) is 8.78 Å². The predicted molar refractivity (Wildman–Crippen MR) is 157 cm³/mol. The van der Waals surface area contributed by atoms with Crippen LogP contribution in [0.15, 0.2) is 84.9 Å². The first-order valence-electron chi connectivity index (χ1n) is 14.8. The minimum atomic E-state index is -3.80. The van der Waals surface area contributed by atoms with E-state index < -0.39 is 34.9 Å². The molecule has 42 heavy (non-hydrogen) atoms. The largest absolute Gasteiger partial charge is 0.429 e. The molecule has 0 amide bonds. The Kier molecular flexibility index (Phi) is 9.30. The van der Waals surface area contributed by atoms with Crippen molar-refractivity contribution in [3.05, 3.63) is 114 Å². The van der Waals surface area contributed by atoms with Crippen LogP contribution in [0.4, 0.5) is 22.0 Å². The molecule has 0 spiro atoms. The van der Waals surface area contributed by atoms with Gasteiger partial charge in [-0.25, -0.2) is 13.2 Å². The summed E-state index contributed by atoms with van der Waals surface area (Å²) < 4.78 is 75.6. The molecule has 0 unspecified atom stereocenters. The van der Waals surface area contributed by atoms with Gasteiger partial charge in [-0.1, -0.05) is 81.1 Å². The van der Waals surface area contributed by atoms with Gasteiger partial charge in [0.15, 0.2) is 11.6 Å². The van der Waals surface area contributed by atoms with E-state index in [1.165, 1.54) is 75.1 Å². The molecule has 1 nitrogen and oxygen atoms in total. The Morgan fingerprint density at radius 1 is 0.667 bits per heavy atom. The first kappa shape index (κ1) is 29.8. The fourth-order valence-corrected chi connectivity index (χ4v) is 5.94. The molecule has 0 aliphatic heterocycles. The highest BCUT2D eigenvalue weighted by molar-refractivity contribution is 5.71. The molecule has 1 aliphatic rings. The number of hydrogen-bond donors (Lipinski definition) is 0. The molecule has 1 aliphatic carbocycles. The number of ether oxygens (including phenoxy) is 1. The van der Waals surface area contributed by atoms with Crippen LogP contribution in [-0.2, 0) is 6.11 Å². The third-order valence-corrected chi connectivity index (χ3v) is 8.42. The number of hydrogen-bond acceptors (Lipinski definition) is 1. The van der Waals surface area contributed by atoms with Gasteiger partial charge in [0.05, 0.1) is 5.56 Å². The molecular formula is C36H35F5O. The standard InChI is InChI=1S/C36H35F5O/c1-2-3-4-5-24-6-8-25(9-7-24)26-10-12-27(13-11-26)29-16-20-32(34(38)22-29)28-14-17-30(18-15-28)36(40,41)42-31-19-21-33(37)35(39)23-31/h10-25H,2-9H2,1H3. The highest BCUT2D eigenvalue weighted by Crippen LogP contribution is 2.39. The van der Waals surface area contributed by atoms with E-state index in [1.807, 2.05) is 18.2 Å².